The van der Waals surface area contributed by atoms with Crippen molar-refractivity contribution >= 4 is 11.3 Å². The lowest BCUT2D eigenvalue weighted by atomic mass is 9.69. The molecule has 0 aromatic carbocycles. The van der Waals surface area contributed by atoms with Crippen LogP contribution in [0.25, 0.3) is 0 Å². The lowest BCUT2D eigenvalue weighted by molar-refractivity contribution is 0.314. The van der Waals surface area contributed by atoms with Crippen molar-refractivity contribution in [2.24, 2.45) is 0 Å². The fraction of sp³-hybridized carbons (Fsp3) is 0.615. The molecule has 1 fully saturated rings. The maximum Gasteiger partial charge on any atom is 0.0914 e. The third kappa shape index (κ3) is 1.41. The first-order chi connectivity index (χ1) is 7.73. The number of likely N-dealkylation sites (N-methyl/N-ethyl adjacent to an activating group) is 1. The monoisotopic (exact) mass is 232 g/mol. The van der Waals surface area contributed by atoms with E-state index in [4.69, 9.17) is 0 Å². The van der Waals surface area contributed by atoms with Gasteiger partial charge in [0.1, 0.15) is 0 Å². The van der Waals surface area contributed by atoms with Crippen LogP contribution in [0.15, 0.2) is 6.07 Å². The quantitative estimate of drug-likeness (QED) is 0.744. The van der Waals surface area contributed by atoms with E-state index in [0.717, 1.165) is 32.4 Å². The molecule has 0 radical (unpaired) electrons. The second-order valence-electron chi connectivity index (χ2n) is 5.09. The van der Waals surface area contributed by atoms with Crippen LogP contribution >= 0.6 is 11.3 Å². The summed E-state index contributed by atoms with van der Waals surface area (Å²) in [5.74, 6) is 0. The lowest BCUT2D eigenvalue weighted by Crippen LogP contribution is -2.31. The van der Waals surface area contributed by atoms with Crippen molar-refractivity contribution in [3.63, 3.8) is 0 Å². The van der Waals surface area contributed by atoms with Gasteiger partial charge in [0, 0.05) is 22.8 Å². The molecule has 1 aliphatic carbocycles. The van der Waals surface area contributed by atoms with Gasteiger partial charge in [-0.25, -0.2) is 0 Å². The van der Waals surface area contributed by atoms with E-state index in [0.29, 0.717) is 0 Å². The lowest BCUT2D eigenvalue weighted by Gasteiger charge is -2.34. The first kappa shape index (κ1) is 10.3. The SMILES string of the molecule is CN1CCc2sc(C3(C#N)CCC3)cc2C1. The minimum atomic E-state index is -0.111. The van der Waals surface area contributed by atoms with Crippen LogP contribution in [0, 0.1) is 11.3 Å². The van der Waals surface area contributed by atoms with Crippen LogP contribution in [0.5, 0.6) is 0 Å². The van der Waals surface area contributed by atoms with Gasteiger partial charge in [0.05, 0.1) is 11.5 Å². The van der Waals surface area contributed by atoms with Gasteiger partial charge in [0.25, 0.3) is 0 Å². The van der Waals surface area contributed by atoms with Crippen LogP contribution < -0.4 is 0 Å². The predicted octanol–water partition coefficient (Wildman–Crippen LogP) is 2.68. The minimum Gasteiger partial charge on any atom is -0.302 e. The molecular formula is C13H16N2S. The van der Waals surface area contributed by atoms with E-state index < -0.39 is 0 Å². The van der Waals surface area contributed by atoms with Gasteiger partial charge in [0.2, 0.25) is 0 Å². The zero-order valence-corrected chi connectivity index (χ0v) is 10.4. The number of thiophene rings is 1. The Hall–Kier alpha value is -0.850. The summed E-state index contributed by atoms with van der Waals surface area (Å²) >= 11 is 1.90. The molecule has 3 heteroatoms. The van der Waals surface area contributed by atoms with E-state index in [1.807, 2.05) is 11.3 Å². The summed E-state index contributed by atoms with van der Waals surface area (Å²) in [6.45, 7) is 2.22. The van der Waals surface area contributed by atoms with Crippen LogP contribution in [0.1, 0.15) is 34.6 Å². The fourth-order valence-corrected chi connectivity index (χ4v) is 4.01. The molecule has 1 aromatic rings. The molecule has 2 nitrogen and oxygen atoms in total. The molecule has 2 aliphatic rings. The summed E-state index contributed by atoms with van der Waals surface area (Å²) in [5, 5.41) is 9.35. The van der Waals surface area contributed by atoms with Gasteiger partial charge in [-0.15, -0.1) is 11.3 Å². The van der Waals surface area contributed by atoms with Gasteiger partial charge in [-0.2, -0.15) is 5.26 Å². The summed E-state index contributed by atoms with van der Waals surface area (Å²) in [7, 11) is 2.17. The Balaban J connectivity index is 1.96. The van der Waals surface area contributed by atoms with Crippen molar-refractivity contribution in [3.05, 3.63) is 21.4 Å². The van der Waals surface area contributed by atoms with E-state index in [1.165, 1.54) is 21.7 Å². The van der Waals surface area contributed by atoms with E-state index in [-0.39, 0.29) is 5.41 Å². The van der Waals surface area contributed by atoms with Crippen LogP contribution in [-0.2, 0) is 18.4 Å². The van der Waals surface area contributed by atoms with Crippen molar-refractivity contribution in [3.8, 4) is 6.07 Å². The average molecular weight is 232 g/mol. The van der Waals surface area contributed by atoms with E-state index in [9.17, 15) is 5.26 Å². The van der Waals surface area contributed by atoms with Crippen LogP contribution in [0.2, 0.25) is 0 Å². The van der Waals surface area contributed by atoms with Crippen molar-refractivity contribution in [2.75, 3.05) is 13.6 Å². The van der Waals surface area contributed by atoms with E-state index in [1.54, 1.807) is 0 Å². The van der Waals surface area contributed by atoms with Crippen molar-refractivity contribution in [2.45, 2.75) is 37.6 Å². The molecule has 3 rings (SSSR count). The van der Waals surface area contributed by atoms with E-state index in [2.05, 4.69) is 24.1 Å². The normalized spacial score (nSPS) is 23.2. The van der Waals surface area contributed by atoms with Crippen molar-refractivity contribution in [1.82, 2.24) is 4.90 Å². The van der Waals surface area contributed by atoms with Gasteiger partial charge >= 0.3 is 0 Å². The summed E-state index contributed by atoms with van der Waals surface area (Å²) in [4.78, 5) is 5.22. The van der Waals surface area contributed by atoms with Crippen molar-refractivity contribution < 1.29 is 0 Å². The topological polar surface area (TPSA) is 27.0 Å². The molecule has 2 heterocycles. The van der Waals surface area contributed by atoms with Gasteiger partial charge in [-0.05, 0) is 44.4 Å². The zero-order valence-electron chi connectivity index (χ0n) is 9.62. The molecule has 0 unspecified atom stereocenters. The maximum atomic E-state index is 9.35. The highest BCUT2D eigenvalue weighted by Gasteiger charge is 2.41. The molecule has 1 aromatic heterocycles. The minimum absolute atomic E-state index is 0.111. The Labute approximate surface area is 100 Å². The number of nitrogens with zero attached hydrogens (tertiary/aromatic N) is 2. The third-order valence-corrected chi connectivity index (χ3v) is 5.39. The highest BCUT2D eigenvalue weighted by atomic mass is 32.1. The highest BCUT2D eigenvalue weighted by Crippen LogP contribution is 2.47. The average Bonchev–Trinajstić information content (AvgIpc) is 2.60. The number of hydrogen-bond acceptors (Lipinski definition) is 3. The molecule has 0 N–H and O–H groups in total. The molecular weight excluding hydrogens is 216 g/mol. The molecule has 84 valence electrons. The smallest absolute Gasteiger partial charge is 0.0914 e. The Bertz CT molecular complexity index is 451. The molecule has 0 atom stereocenters. The molecule has 1 saturated carbocycles. The van der Waals surface area contributed by atoms with Gasteiger partial charge < -0.3 is 4.90 Å². The molecule has 0 saturated heterocycles. The van der Waals surface area contributed by atoms with Crippen LogP contribution in [0.3, 0.4) is 0 Å². The second-order valence-corrected chi connectivity index (χ2v) is 6.23. The third-order valence-electron chi connectivity index (χ3n) is 3.95. The molecule has 16 heavy (non-hydrogen) atoms. The van der Waals surface area contributed by atoms with Gasteiger partial charge in [0.15, 0.2) is 0 Å². The summed E-state index contributed by atoms with van der Waals surface area (Å²) < 4.78 is 0. The predicted molar refractivity (Wildman–Crippen MR) is 65.5 cm³/mol. The summed E-state index contributed by atoms with van der Waals surface area (Å²) in [6, 6.07) is 4.85. The Morgan fingerprint density at radius 1 is 1.50 bits per heavy atom. The molecule has 1 aliphatic heterocycles. The summed E-state index contributed by atoms with van der Waals surface area (Å²) in [5.41, 5.74) is 1.36. The highest BCUT2D eigenvalue weighted by molar-refractivity contribution is 7.12. The van der Waals surface area contributed by atoms with E-state index >= 15 is 0 Å². The fourth-order valence-electron chi connectivity index (χ4n) is 2.65. The number of fused-ring (bicyclic) bond motifs is 1. The van der Waals surface area contributed by atoms with Crippen LogP contribution in [-0.4, -0.2) is 18.5 Å². The number of hydrogen-bond donors (Lipinski definition) is 0. The zero-order chi connectivity index (χ0) is 11.2. The molecule has 0 spiro atoms. The second kappa shape index (κ2) is 3.58. The first-order valence-electron chi connectivity index (χ1n) is 5.95. The molecule has 0 bridgehead atoms. The number of nitriles is 1. The Kier molecular flexibility index (Phi) is 2.31. The number of rotatable bonds is 1. The van der Waals surface area contributed by atoms with Gasteiger partial charge in [-0.3, -0.25) is 0 Å². The largest absolute Gasteiger partial charge is 0.302 e. The Morgan fingerprint density at radius 3 is 2.94 bits per heavy atom. The molecule has 0 amide bonds. The summed E-state index contributed by atoms with van der Waals surface area (Å²) in [6.07, 6.45) is 4.52. The van der Waals surface area contributed by atoms with Gasteiger partial charge in [-0.1, -0.05) is 0 Å². The first-order valence-corrected chi connectivity index (χ1v) is 6.77. The van der Waals surface area contributed by atoms with Crippen molar-refractivity contribution in [1.29, 1.82) is 5.26 Å². The standard InChI is InChI=1S/C13H16N2S/c1-15-6-3-11-10(8-15)7-12(16-11)13(9-14)4-2-5-13/h7H,2-6,8H2,1H3. The maximum absolute atomic E-state index is 9.35. The van der Waals surface area contributed by atoms with Crippen LogP contribution in [0.4, 0.5) is 0 Å². The Morgan fingerprint density at radius 2 is 2.31 bits per heavy atom.